The molecule has 120 valence electrons. The van der Waals surface area contributed by atoms with Crippen molar-refractivity contribution in [2.24, 2.45) is 5.73 Å². The Morgan fingerprint density at radius 3 is 2.57 bits per heavy atom. The van der Waals surface area contributed by atoms with Gasteiger partial charge in [-0.3, -0.25) is 0 Å². The molecule has 0 aliphatic heterocycles. The van der Waals surface area contributed by atoms with Crippen LogP contribution in [0.4, 0.5) is 13.2 Å². The van der Waals surface area contributed by atoms with Crippen molar-refractivity contribution in [1.82, 2.24) is 0 Å². The molecule has 0 amide bonds. The van der Waals surface area contributed by atoms with Crippen LogP contribution in [0.25, 0.3) is 0 Å². The van der Waals surface area contributed by atoms with Gasteiger partial charge >= 0.3 is 6.18 Å². The van der Waals surface area contributed by atoms with E-state index in [1.807, 2.05) is 6.92 Å². The molecule has 1 rings (SSSR count). The minimum atomic E-state index is -4.38. The lowest BCUT2D eigenvalue weighted by Gasteiger charge is -2.17. The van der Waals surface area contributed by atoms with E-state index in [0.29, 0.717) is 17.9 Å². The largest absolute Gasteiger partial charge is 0.493 e. The lowest BCUT2D eigenvalue weighted by Crippen LogP contribution is -2.22. The van der Waals surface area contributed by atoms with E-state index in [9.17, 15) is 13.2 Å². The highest BCUT2D eigenvalue weighted by Crippen LogP contribution is 2.32. The number of benzene rings is 1. The highest BCUT2D eigenvalue weighted by Gasteiger charge is 2.27. The molecule has 7 heteroatoms. The first-order chi connectivity index (χ1) is 9.87. The first kappa shape index (κ1) is 17.6. The summed E-state index contributed by atoms with van der Waals surface area (Å²) in [6.45, 7) is 0.0953. The van der Waals surface area contributed by atoms with E-state index in [1.165, 1.54) is 7.11 Å². The Bertz CT molecular complexity index is 438. The molecule has 0 spiro atoms. The van der Waals surface area contributed by atoms with Crippen LogP contribution >= 0.6 is 0 Å². The summed E-state index contributed by atoms with van der Waals surface area (Å²) in [7, 11) is 1.46. The molecule has 0 aromatic heterocycles. The SMILES string of the molecule is CCC(N)Cc1cccc(OC)c1OCOCC(F)(F)F. The molecule has 1 atom stereocenters. The number of halogens is 3. The first-order valence-corrected chi connectivity index (χ1v) is 6.56. The van der Waals surface area contributed by atoms with Crippen LogP contribution in [0.1, 0.15) is 18.9 Å². The molecule has 4 nitrogen and oxygen atoms in total. The number of hydrogen-bond acceptors (Lipinski definition) is 4. The Morgan fingerprint density at radius 2 is 2.00 bits per heavy atom. The number of rotatable bonds is 8. The minimum Gasteiger partial charge on any atom is -0.493 e. The highest BCUT2D eigenvalue weighted by atomic mass is 19.4. The van der Waals surface area contributed by atoms with Gasteiger partial charge in [0.1, 0.15) is 6.61 Å². The van der Waals surface area contributed by atoms with Crippen molar-refractivity contribution in [1.29, 1.82) is 0 Å². The fourth-order valence-corrected chi connectivity index (χ4v) is 1.73. The maximum atomic E-state index is 12.0. The summed E-state index contributed by atoms with van der Waals surface area (Å²) in [5.41, 5.74) is 6.68. The predicted octanol–water partition coefficient (Wildman–Crippen LogP) is 2.89. The number of hydrogen-bond donors (Lipinski definition) is 1. The van der Waals surface area contributed by atoms with Crippen LogP contribution in [0, 0.1) is 0 Å². The molecular weight excluding hydrogens is 287 g/mol. The van der Waals surface area contributed by atoms with Crippen LogP contribution in [-0.2, 0) is 11.2 Å². The minimum absolute atomic E-state index is 0.0597. The zero-order chi connectivity index (χ0) is 15.9. The van der Waals surface area contributed by atoms with Crippen molar-refractivity contribution >= 4 is 0 Å². The molecule has 0 fully saturated rings. The molecule has 0 saturated carbocycles. The Kier molecular flexibility index (Phi) is 6.77. The van der Waals surface area contributed by atoms with Crippen LogP contribution in [0.3, 0.4) is 0 Å². The van der Waals surface area contributed by atoms with Crippen LogP contribution in [0.2, 0.25) is 0 Å². The van der Waals surface area contributed by atoms with Gasteiger partial charge in [0.05, 0.1) is 7.11 Å². The number of para-hydroxylation sites is 1. The zero-order valence-electron chi connectivity index (χ0n) is 12.1. The van der Waals surface area contributed by atoms with E-state index in [2.05, 4.69) is 4.74 Å². The van der Waals surface area contributed by atoms with E-state index in [4.69, 9.17) is 15.2 Å². The van der Waals surface area contributed by atoms with Gasteiger partial charge < -0.3 is 19.9 Å². The lowest BCUT2D eigenvalue weighted by molar-refractivity contribution is -0.186. The molecule has 1 aromatic rings. The Morgan fingerprint density at radius 1 is 1.29 bits per heavy atom. The van der Waals surface area contributed by atoms with E-state index in [0.717, 1.165) is 12.0 Å². The zero-order valence-corrected chi connectivity index (χ0v) is 12.1. The van der Waals surface area contributed by atoms with Gasteiger partial charge in [-0.2, -0.15) is 13.2 Å². The van der Waals surface area contributed by atoms with Crippen LogP contribution in [0.5, 0.6) is 11.5 Å². The smallest absolute Gasteiger partial charge is 0.411 e. The molecular formula is C14H20F3NO3. The van der Waals surface area contributed by atoms with Crippen molar-refractivity contribution < 1.29 is 27.4 Å². The summed E-state index contributed by atoms with van der Waals surface area (Å²) < 4.78 is 50.9. The molecule has 0 aliphatic carbocycles. The standard InChI is InChI=1S/C14H20F3NO3/c1-3-11(18)7-10-5-4-6-12(19-2)13(10)21-9-20-8-14(15,16)17/h4-6,11H,3,7-9,18H2,1-2H3. The summed E-state index contributed by atoms with van der Waals surface area (Å²) in [6, 6.07) is 5.19. The second kappa shape index (κ2) is 8.09. The molecule has 1 aromatic carbocycles. The maximum absolute atomic E-state index is 12.0. The van der Waals surface area contributed by atoms with Crippen molar-refractivity contribution in [3.05, 3.63) is 23.8 Å². The van der Waals surface area contributed by atoms with Gasteiger partial charge in [-0.05, 0) is 24.5 Å². The van der Waals surface area contributed by atoms with Gasteiger partial charge in [-0.15, -0.1) is 0 Å². The van der Waals surface area contributed by atoms with Crippen LogP contribution in [-0.4, -0.2) is 32.7 Å². The summed E-state index contributed by atoms with van der Waals surface area (Å²) in [5, 5.41) is 0. The van der Waals surface area contributed by atoms with Crippen molar-refractivity contribution in [2.45, 2.75) is 32.0 Å². The van der Waals surface area contributed by atoms with Crippen LogP contribution < -0.4 is 15.2 Å². The monoisotopic (exact) mass is 307 g/mol. The Labute approximate surface area is 122 Å². The van der Waals surface area contributed by atoms with Gasteiger partial charge in [-0.1, -0.05) is 19.1 Å². The van der Waals surface area contributed by atoms with Gasteiger partial charge in [0.15, 0.2) is 18.3 Å². The van der Waals surface area contributed by atoms with Gasteiger partial charge in [0, 0.05) is 6.04 Å². The summed E-state index contributed by atoms with van der Waals surface area (Å²) in [6.07, 6.45) is -3.05. The summed E-state index contributed by atoms with van der Waals surface area (Å²) >= 11 is 0. The fourth-order valence-electron chi connectivity index (χ4n) is 1.73. The average molecular weight is 307 g/mol. The average Bonchev–Trinajstić information content (AvgIpc) is 2.43. The molecule has 0 saturated heterocycles. The summed E-state index contributed by atoms with van der Waals surface area (Å²) in [4.78, 5) is 0. The number of alkyl halides is 3. The molecule has 2 N–H and O–H groups in total. The van der Waals surface area contributed by atoms with Crippen LogP contribution in [0.15, 0.2) is 18.2 Å². The van der Waals surface area contributed by atoms with Gasteiger partial charge in [0.25, 0.3) is 0 Å². The second-order valence-corrected chi connectivity index (χ2v) is 4.55. The summed E-state index contributed by atoms with van der Waals surface area (Å²) in [5.74, 6) is 0.803. The van der Waals surface area contributed by atoms with Crippen molar-refractivity contribution in [3.63, 3.8) is 0 Å². The predicted molar refractivity (Wildman–Crippen MR) is 72.5 cm³/mol. The topological polar surface area (TPSA) is 53.7 Å². The normalized spacial score (nSPS) is 13.0. The third-order valence-corrected chi connectivity index (χ3v) is 2.84. The Hall–Kier alpha value is -1.47. The van der Waals surface area contributed by atoms with E-state index in [-0.39, 0.29) is 6.04 Å². The van der Waals surface area contributed by atoms with Gasteiger partial charge in [0.2, 0.25) is 0 Å². The third-order valence-electron chi connectivity index (χ3n) is 2.84. The maximum Gasteiger partial charge on any atom is 0.411 e. The molecule has 0 aliphatic rings. The third kappa shape index (κ3) is 6.22. The number of ether oxygens (including phenoxy) is 3. The first-order valence-electron chi connectivity index (χ1n) is 6.56. The second-order valence-electron chi connectivity index (χ2n) is 4.55. The van der Waals surface area contributed by atoms with E-state index in [1.54, 1.807) is 18.2 Å². The Balaban J connectivity index is 2.73. The van der Waals surface area contributed by atoms with E-state index < -0.39 is 19.6 Å². The fraction of sp³-hybridized carbons (Fsp3) is 0.571. The van der Waals surface area contributed by atoms with Gasteiger partial charge in [-0.25, -0.2) is 0 Å². The molecule has 1 unspecified atom stereocenters. The van der Waals surface area contributed by atoms with Crippen molar-refractivity contribution in [2.75, 3.05) is 20.5 Å². The highest BCUT2D eigenvalue weighted by molar-refractivity contribution is 5.46. The quantitative estimate of drug-likeness (QED) is 0.593. The lowest BCUT2D eigenvalue weighted by atomic mass is 10.0. The molecule has 0 bridgehead atoms. The van der Waals surface area contributed by atoms with Crippen molar-refractivity contribution in [3.8, 4) is 11.5 Å². The number of methoxy groups -OCH3 is 1. The molecule has 21 heavy (non-hydrogen) atoms. The van der Waals surface area contributed by atoms with E-state index >= 15 is 0 Å². The molecule has 0 radical (unpaired) electrons. The number of nitrogens with two attached hydrogens (primary N) is 1. The molecule has 0 heterocycles.